The van der Waals surface area contributed by atoms with Crippen molar-refractivity contribution in [1.82, 2.24) is 5.32 Å². The summed E-state index contributed by atoms with van der Waals surface area (Å²) in [4.78, 5) is 22.0. The third-order valence-electron chi connectivity index (χ3n) is 2.35. The molecule has 0 aliphatic rings. The van der Waals surface area contributed by atoms with Crippen LogP contribution in [0.1, 0.15) is 15.9 Å². The quantitative estimate of drug-likeness (QED) is 0.577. The molecule has 0 heterocycles. The zero-order valence-corrected chi connectivity index (χ0v) is 10.9. The Morgan fingerprint density at radius 3 is 2.63 bits per heavy atom. The molecule has 0 bridgehead atoms. The Hall–Kier alpha value is -2.00. The number of hydrogen-bond donors (Lipinski definition) is 2. The first-order valence-electron chi connectivity index (χ1n) is 5.25. The number of nitro groups is 1. The van der Waals surface area contributed by atoms with Crippen LogP contribution in [0, 0.1) is 17.0 Å². The number of nitrogens with two attached hydrogens (primary N) is 1. The van der Waals surface area contributed by atoms with Gasteiger partial charge in [-0.1, -0.05) is 12.1 Å². The molecule has 1 amide bonds. The van der Waals surface area contributed by atoms with E-state index in [4.69, 9.17) is 5.14 Å². The molecular weight excluding hydrogens is 274 g/mol. The average molecular weight is 287 g/mol. The van der Waals surface area contributed by atoms with Crippen molar-refractivity contribution in [3.05, 3.63) is 39.4 Å². The maximum atomic E-state index is 11.8. The van der Waals surface area contributed by atoms with Crippen LogP contribution in [-0.4, -0.2) is 31.5 Å². The topological polar surface area (TPSA) is 132 Å². The maximum absolute atomic E-state index is 11.8. The highest BCUT2D eigenvalue weighted by atomic mass is 32.2. The van der Waals surface area contributed by atoms with Crippen LogP contribution >= 0.6 is 0 Å². The van der Waals surface area contributed by atoms with Gasteiger partial charge in [-0.15, -0.1) is 0 Å². The first-order valence-corrected chi connectivity index (χ1v) is 6.96. The first-order chi connectivity index (χ1) is 8.72. The van der Waals surface area contributed by atoms with E-state index in [0.717, 1.165) is 0 Å². The normalized spacial score (nSPS) is 11.1. The van der Waals surface area contributed by atoms with Gasteiger partial charge in [0.15, 0.2) is 0 Å². The van der Waals surface area contributed by atoms with Crippen LogP contribution in [0.2, 0.25) is 0 Å². The van der Waals surface area contributed by atoms with Gasteiger partial charge in [0.25, 0.3) is 11.6 Å². The lowest BCUT2D eigenvalue weighted by Gasteiger charge is -2.07. The van der Waals surface area contributed by atoms with E-state index in [-0.39, 0.29) is 17.8 Å². The minimum absolute atomic E-state index is 0.0816. The van der Waals surface area contributed by atoms with Gasteiger partial charge in [-0.25, -0.2) is 13.6 Å². The van der Waals surface area contributed by atoms with Gasteiger partial charge < -0.3 is 5.32 Å². The maximum Gasteiger partial charge on any atom is 0.282 e. The van der Waals surface area contributed by atoms with Crippen molar-refractivity contribution >= 4 is 21.6 Å². The zero-order valence-electron chi connectivity index (χ0n) is 10.1. The smallest absolute Gasteiger partial charge is 0.282 e. The van der Waals surface area contributed by atoms with Gasteiger partial charge >= 0.3 is 0 Å². The average Bonchev–Trinajstić information content (AvgIpc) is 2.26. The van der Waals surface area contributed by atoms with Gasteiger partial charge in [0.2, 0.25) is 10.0 Å². The van der Waals surface area contributed by atoms with Gasteiger partial charge in [-0.05, 0) is 12.5 Å². The van der Waals surface area contributed by atoms with Gasteiger partial charge in [0.05, 0.1) is 10.7 Å². The largest absolute Gasteiger partial charge is 0.351 e. The fourth-order valence-electron chi connectivity index (χ4n) is 1.50. The fraction of sp³-hybridized carbons (Fsp3) is 0.300. The van der Waals surface area contributed by atoms with Crippen LogP contribution < -0.4 is 10.5 Å². The number of sulfonamides is 1. The predicted octanol–water partition coefficient (Wildman–Crippen LogP) is -0.0785. The van der Waals surface area contributed by atoms with Crippen LogP contribution in [0.4, 0.5) is 5.69 Å². The minimum Gasteiger partial charge on any atom is -0.351 e. The Morgan fingerprint density at radius 2 is 2.11 bits per heavy atom. The lowest BCUT2D eigenvalue weighted by atomic mass is 10.1. The molecule has 0 atom stereocenters. The summed E-state index contributed by atoms with van der Waals surface area (Å²) >= 11 is 0. The van der Waals surface area contributed by atoms with E-state index in [1.54, 1.807) is 13.0 Å². The van der Waals surface area contributed by atoms with E-state index in [0.29, 0.717) is 5.56 Å². The molecule has 1 rings (SSSR count). The molecule has 0 aliphatic carbocycles. The first kappa shape index (κ1) is 15.1. The number of nitro benzene ring substituents is 1. The molecule has 0 fully saturated rings. The SMILES string of the molecule is Cc1cccc([N+](=O)[O-])c1C(=O)NCCS(N)(=O)=O. The summed E-state index contributed by atoms with van der Waals surface area (Å²) in [5.41, 5.74) is 0.0253. The summed E-state index contributed by atoms with van der Waals surface area (Å²) in [5, 5.41) is 17.9. The van der Waals surface area contributed by atoms with Crippen LogP contribution in [-0.2, 0) is 10.0 Å². The van der Waals surface area contributed by atoms with Crippen LogP contribution in [0.5, 0.6) is 0 Å². The standard InChI is InChI=1S/C10H13N3O5S/c1-7-3-2-4-8(13(15)16)9(7)10(14)12-5-6-19(11,17)18/h2-4H,5-6H2,1H3,(H,12,14)(H2,11,17,18). The number of carbonyl (C=O) groups is 1. The summed E-state index contributed by atoms with van der Waals surface area (Å²) in [6.45, 7) is 1.35. The molecule has 9 heteroatoms. The molecule has 8 nitrogen and oxygen atoms in total. The predicted molar refractivity (Wildman–Crippen MR) is 68.1 cm³/mol. The molecule has 0 aliphatic heterocycles. The zero-order chi connectivity index (χ0) is 14.6. The third-order valence-corrected chi connectivity index (χ3v) is 3.12. The summed E-state index contributed by atoms with van der Waals surface area (Å²) in [7, 11) is -3.69. The molecule has 1 aromatic rings. The number of carbonyl (C=O) groups excluding carboxylic acids is 1. The highest BCUT2D eigenvalue weighted by Crippen LogP contribution is 2.21. The van der Waals surface area contributed by atoms with Gasteiger partial charge in [0, 0.05) is 12.6 Å². The fourth-order valence-corrected chi connectivity index (χ4v) is 1.88. The van der Waals surface area contributed by atoms with Crippen molar-refractivity contribution in [2.24, 2.45) is 5.14 Å². The number of primary sulfonamides is 1. The van der Waals surface area contributed by atoms with Crippen molar-refractivity contribution in [3.63, 3.8) is 0 Å². The summed E-state index contributed by atoms with van der Waals surface area (Å²) in [6.07, 6.45) is 0. The van der Waals surface area contributed by atoms with E-state index < -0.39 is 26.6 Å². The second-order valence-corrected chi connectivity index (χ2v) is 5.58. The summed E-state index contributed by atoms with van der Waals surface area (Å²) in [6, 6.07) is 4.23. The highest BCUT2D eigenvalue weighted by Gasteiger charge is 2.21. The van der Waals surface area contributed by atoms with E-state index in [1.165, 1.54) is 12.1 Å². The van der Waals surface area contributed by atoms with E-state index in [2.05, 4.69) is 5.32 Å². The number of rotatable bonds is 5. The summed E-state index contributed by atoms with van der Waals surface area (Å²) < 4.78 is 21.4. The Bertz CT molecular complexity index is 612. The Morgan fingerprint density at radius 1 is 1.47 bits per heavy atom. The van der Waals surface area contributed by atoms with Crippen LogP contribution in [0.25, 0.3) is 0 Å². The number of nitrogens with one attached hydrogen (secondary N) is 1. The number of benzene rings is 1. The molecule has 0 unspecified atom stereocenters. The Balaban J connectivity index is 2.91. The molecule has 0 saturated carbocycles. The Kier molecular flexibility index (Phi) is 4.57. The molecule has 0 spiro atoms. The minimum atomic E-state index is -3.69. The second-order valence-electron chi connectivity index (χ2n) is 3.85. The Labute approximate surface area is 109 Å². The molecule has 0 aromatic heterocycles. The third kappa shape index (κ3) is 4.30. The highest BCUT2D eigenvalue weighted by molar-refractivity contribution is 7.89. The number of hydrogen-bond acceptors (Lipinski definition) is 5. The molecule has 19 heavy (non-hydrogen) atoms. The summed E-state index contributed by atoms with van der Waals surface area (Å²) in [5.74, 6) is -1.13. The number of aryl methyl sites for hydroxylation is 1. The molecule has 0 saturated heterocycles. The molecular formula is C10H13N3O5S. The van der Waals surface area contributed by atoms with Crippen molar-refractivity contribution in [2.75, 3.05) is 12.3 Å². The lowest BCUT2D eigenvalue weighted by Crippen LogP contribution is -2.32. The van der Waals surface area contributed by atoms with Crippen molar-refractivity contribution in [2.45, 2.75) is 6.92 Å². The molecule has 0 radical (unpaired) electrons. The molecule has 3 N–H and O–H groups in total. The number of nitrogens with zero attached hydrogens (tertiary/aromatic N) is 1. The van der Waals surface area contributed by atoms with Gasteiger partial charge in [-0.3, -0.25) is 14.9 Å². The van der Waals surface area contributed by atoms with Crippen molar-refractivity contribution in [1.29, 1.82) is 0 Å². The lowest BCUT2D eigenvalue weighted by molar-refractivity contribution is -0.385. The molecule has 104 valence electrons. The van der Waals surface area contributed by atoms with Crippen molar-refractivity contribution < 1.29 is 18.1 Å². The second kappa shape index (κ2) is 5.76. The monoisotopic (exact) mass is 287 g/mol. The van der Waals surface area contributed by atoms with Crippen LogP contribution in [0.3, 0.4) is 0 Å². The van der Waals surface area contributed by atoms with E-state index in [9.17, 15) is 23.3 Å². The van der Waals surface area contributed by atoms with Gasteiger partial charge in [0.1, 0.15) is 5.56 Å². The number of amides is 1. The van der Waals surface area contributed by atoms with Gasteiger partial charge in [-0.2, -0.15) is 0 Å². The molecule has 1 aromatic carbocycles. The van der Waals surface area contributed by atoms with Crippen molar-refractivity contribution in [3.8, 4) is 0 Å². The van der Waals surface area contributed by atoms with E-state index >= 15 is 0 Å². The van der Waals surface area contributed by atoms with Crippen LogP contribution in [0.15, 0.2) is 18.2 Å². The van der Waals surface area contributed by atoms with E-state index in [1.807, 2.05) is 0 Å².